The monoisotopic (exact) mass is 239 g/mol. The van der Waals surface area contributed by atoms with E-state index in [2.05, 4.69) is 29.2 Å². The molecule has 0 unspecified atom stereocenters. The molecule has 88 valence electrons. The van der Waals surface area contributed by atoms with Crippen LogP contribution in [0, 0.1) is 0 Å². The van der Waals surface area contributed by atoms with E-state index < -0.39 is 0 Å². The summed E-state index contributed by atoms with van der Waals surface area (Å²) in [5.74, 6) is 0. The molecular formula is C13H18ClNO. The Balaban J connectivity index is 2.48. The van der Waals surface area contributed by atoms with Crippen molar-refractivity contribution >= 4 is 11.6 Å². The van der Waals surface area contributed by atoms with Gasteiger partial charge in [-0.1, -0.05) is 48.0 Å². The predicted octanol–water partition coefficient (Wildman–Crippen LogP) is 2.89. The molecule has 0 amide bonds. The summed E-state index contributed by atoms with van der Waals surface area (Å²) in [5, 5.41) is 0. The highest BCUT2D eigenvalue weighted by Gasteiger charge is 2.03. The molecule has 0 N–H and O–H groups in total. The van der Waals surface area contributed by atoms with Gasteiger partial charge in [0.05, 0.1) is 6.61 Å². The maximum absolute atomic E-state index is 5.54. The molecular weight excluding hydrogens is 222 g/mol. The highest BCUT2D eigenvalue weighted by Crippen LogP contribution is 2.04. The molecule has 0 atom stereocenters. The Morgan fingerprint density at radius 1 is 1.31 bits per heavy atom. The Hall–Kier alpha value is -0.830. The van der Waals surface area contributed by atoms with E-state index in [4.69, 9.17) is 16.3 Å². The minimum Gasteiger partial charge on any atom is -0.383 e. The largest absolute Gasteiger partial charge is 0.383 e. The van der Waals surface area contributed by atoms with Crippen molar-refractivity contribution in [2.75, 3.05) is 26.8 Å². The molecule has 0 aliphatic rings. The summed E-state index contributed by atoms with van der Waals surface area (Å²) < 4.78 is 5.09. The summed E-state index contributed by atoms with van der Waals surface area (Å²) in [4.78, 5) is 2.29. The fourth-order valence-electron chi connectivity index (χ4n) is 1.49. The molecule has 0 fully saturated rings. The van der Waals surface area contributed by atoms with Crippen LogP contribution in [0.4, 0.5) is 0 Å². The average molecular weight is 240 g/mol. The second-order valence-electron chi connectivity index (χ2n) is 3.58. The highest BCUT2D eigenvalue weighted by molar-refractivity contribution is 6.25. The standard InChI is InChI=1S/C13H18ClNO/c1-16-11-10-15(9-5-8-14)12-13-6-3-2-4-7-13/h2-8H,9-12H2,1H3. The third-order valence-corrected chi connectivity index (χ3v) is 2.49. The fraction of sp³-hybridized carbons (Fsp3) is 0.385. The molecule has 2 nitrogen and oxygen atoms in total. The van der Waals surface area contributed by atoms with Gasteiger partial charge in [-0.15, -0.1) is 0 Å². The molecule has 16 heavy (non-hydrogen) atoms. The lowest BCUT2D eigenvalue weighted by molar-refractivity contribution is 0.151. The Bertz CT molecular complexity index is 300. The van der Waals surface area contributed by atoms with Crippen LogP contribution in [0.1, 0.15) is 5.56 Å². The summed E-state index contributed by atoms with van der Waals surface area (Å²) >= 11 is 5.54. The van der Waals surface area contributed by atoms with E-state index in [0.29, 0.717) is 0 Å². The molecule has 0 radical (unpaired) electrons. The summed E-state index contributed by atoms with van der Waals surface area (Å²) in [6.45, 7) is 3.42. The molecule has 0 aromatic heterocycles. The van der Waals surface area contributed by atoms with Crippen LogP contribution in [-0.4, -0.2) is 31.7 Å². The predicted molar refractivity (Wildman–Crippen MR) is 68.6 cm³/mol. The quantitative estimate of drug-likeness (QED) is 0.726. The number of nitrogens with zero attached hydrogens (tertiary/aromatic N) is 1. The van der Waals surface area contributed by atoms with Crippen LogP contribution in [0.15, 0.2) is 41.9 Å². The van der Waals surface area contributed by atoms with Crippen LogP contribution in [0.5, 0.6) is 0 Å². The molecule has 0 saturated heterocycles. The lowest BCUT2D eigenvalue weighted by Crippen LogP contribution is -2.27. The van der Waals surface area contributed by atoms with E-state index in [1.165, 1.54) is 5.56 Å². The van der Waals surface area contributed by atoms with Crippen molar-refractivity contribution in [1.82, 2.24) is 4.90 Å². The van der Waals surface area contributed by atoms with Crippen LogP contribution in [-0.2, 0) is 11.3 Å². The third-order valence-electron chi connectivity index (χ3n) is 2.31. The minimum absolute atomic E-state index is 0.739. The summed E-state index contributed by atoms with van der Waals surface area (Å²) in [6.07, 6.45) is 1.94. The Labute approximate surface area is 102 Å². The molecule has 1 aromatic rings. The van der Waals surface area contributed by atoms with Crippen molar-refractivity contribution in [2.45, 2.75) is 6.54 Å². The summed E-state index contributed by atoms with van der Waals surface area (Å²) in [5.41, 5.74) is 2.87. The smallest absolute Gasteiger partial charge is 0.0589 e. The van der Waals surface area contributed by atoms with Crippen LogP contribution in [0.2, 0.25) is 0 Å². The van der Waals surface area contributed by atoms with Gasteiger partial charge in [0, 0.05) is 32.3 Å². The van der Waals surface area contributed by atoms with Crippen LogP contribution >= 0.6 is 11.6 Å². The van der Waals surface area contributed by atoms with E-state index in [1.807, 2.05) is 12.1 Å². The third kappa shape index (κ3) is 5.31. The van der Waals surface area contributed by atoms with Crippen molar-refractivity contribution in [1.29, 1.82) is 0 Å². The average Bonchev–Trinajstić information content (AvgIpc) is 2.34. The van der Waals surface area contributed by atoms with E-state index in [1.54, 1.807) is 12.6 Å². The van der Waals surface area contributed by atoms with Gasteiger partial charge in [0.25, 0.3) is 0 Å². The number of halogens is 1. The van der Waals surface area contributed by atoms with Gasteiger partial charge in [0.1, 0.15) is 0 Å². The first-order valence-corrected chi connectivity index (χ1v) is 5.81. The minimum atomic E-state index is 0.739. The Kier molecular flexibility index (Phi) is 6.90. The fourth-order valence-corrected chi connectivity index (χ4v) is 1.57. The zero-order chi connectivity index (χ0) is 11.6. The molecule has 0 heterocycles. The van der Waals surface area contributed by atoms with Gasteiger partial charge in [-0.25, -0.2) is 0 Å². The number of benzene rings is 1. The van der Waals surface area contributed by atoms with Gasteiger partial charge in [0.2, 0.25) is 0 Å². The summed E-state index contributed by atoms with van der Waals surface area (Å²) in [6, 6.07) is 10.4. The molecule has 0 spiro atoms. The topological polar surface area (TPSA) is 12.5 Å². The van der Waals surface area contributed by atoms with E-state index in [0.717, 1.165) is 26.2 Å². The Morgan fingerprint density at radius 3 is 2.69 bits per heavy atom. The van der Waals surface area contributed by atoms with E-state index in [9.17, 15) is 0 Å². The van der Waals surface area contributed by atoms with Crippen molar-refractivity contribution in [3.63, 3.8) is 0 Å². The van der Waals surface area contributed by atoms with Gasteiger partial charge < -0.3 is 4.74 Å². The first-order chi connectivity index (χ1) is 7.86. The molecule has 1 aromatic carbocycles. The van der Waals surface area contributed by atoms with Crippen molar-refractivity contribution in [3.8, 4) is 0 Å². The maximum atomic E-state index is 5.54. The molecule has 3 heteroatoms. The molecule has 0 aliphatic heterocycles. The van der Waals surface area contributed by atoms with Gasteiger partial charge in [0.15, 0.2) is 0 Å². The SMILES string of the molecule is COCCN(CC=CCl)Cc1ccccc1. The van der Waals surface area contributed by atoms with Crippen molar-refractivity contribution in [2.24, 2.45) is 0 Å². The van der Waals surface area contributed by atoms with Crippen molar-refractivity contribution < 1.29 is 4.74 Å². The van der Waals surface area contributed by atoms with Gasteiger partial charge >= 0.3 is 0 Å². The number of ether oxygens (including phenoxy) is 1. The zero-order valence-electron chi connectivity index (χ0n) is 9.60. The Morgan fingerprint density at radius 2 is 2.06 bits per heavy atom. The van der Waals surface area contributed by atoms with E-state index >= 15 is 0 Å². The first kappa shape index (κ1) is 13.2. The zero-order valence-corrected chi connectivity index (χ0v) is 10.4. The van der Waals surface area contributed by atoms with Crippen LogP contribution in [0.3, 0.4) is 0 Å². The van der Waals surface area contributed by atoms with Crippen molar-refractivity contribution in [3.05, 3.63) is 47.5 Å². The lowest BCUT2D eigenvalue weighted by atomic mass is 10.2. The number of hydrogen-bond acceptors (Lipinski definition) is 2. The first-order valence-electron chi connectivity index (χ1n) is 5.37. The number of hydrogen-bond donors (Lipinski definition) is 0. The van der Waals surface area contributed by atoms with Gasteiger partial charge in [-0.2, -0.15) is 0 Å². The molecule has 0 aliphatic carbocycles. The summed E-state index contributed by atoms with van der Waals surface area (Å²) in [7, 11) is 1.72. The second kappa shape index (κ2) is 8.34. The van der Waals surface area contributed by atoms with Crippen LogP contribution in [0.25, 0.3) is 0 Å². The van der Waals surface area contributed by atoms with E-state index in [-0.39, 0.29) is 0 Å². The van der Waals surface area contributed by atoms with Crippen LogP contribution < -0.4 is 0 Å². The molecule has 0 bridgehead atoms. The lowest BCUT2D eigenvalue weighted by Gasteiger charge is -2.20. The number of rotatable bonds is 7. The highest BCUT2D eigenvalue weighted by atomic mass is 35.5. The molecule has 1 rings (SSSR count). The maximum Gasteiger partial charge on any atom is 0.0589 e. The normalized spacial score (nSPS) is 11.4. The number of methoxy groups -OCH3 is 1. The van der Waals surface area contributed by atoms with Gasteiger partial charge in [-0.3, -0.25) is 4.90 Å². The second-order valence-corrected chi connectivity index (χ2v) is 3.83. The molecule has 0 saturated carbocycles. The van der Waals surface area contributed by atoms with Gasteiger partial charge in [-0.05, 0) is 5.56 Å².